The van der Waals surface area contributed by atoms with Crippen LogP contribution in [-0.4, -0.2) is 24.4 Å². The van der Waals surface area contributed by atoms with E-state index in [1.54, 1.807) is 6.07 Å². The van der Waals surface area contributed by atoms with E-state index in [0.29, 0.717) is 10.7 Å². The van der Waals surface area contributed by atoms with E-state index in [0.717, 1.165) is 5.56 Å². The van der Waals surface area contributed by atoms with Gasteiger partial charge in [-0.25, -0.2) is 0 Å². The summed E-state index contributed by atoms with van der Waals surface area (Å²) in [7, 11) is 0. The van der Waals surface area contributed by atoms with E-state index < -0.39 is 6.04 Å². The van der Waals surface area contributed by atoms with Crippen LogP contribution in [0.4, 0.5) is 5.69 Å². The molecule has 4 nitrogen and oxygen atoms in total. The van der Waals surface area contributed by atoms with Gasteiger partial charge in [0.1, 0.15) is 6.04 Å². The molecule has 1 aromatic rings. The smallest absolute Gasteiger partial charge is 0.247 e. The minimum absolute atomic E-state index is 0.0147. The second kappa shape index (κ2) is 5.21. The predicted molar refractivity (Wildman–Crippen MR) is 75.3 cm³/mol. The van der Waals surface area contributed by atoms with E-state index in [-0.39, 0.29) is 24.3 Å². The first-order chi connectivity index (χ1) is 8.91. The lowest BCUT2D eigenvalue weighted by Gasteiger charge is -2.37. The molecule has 1 aliphatic rings. The van der Waals surface area contributed by atoms with Gasteiger partial charge in [-0.3, -0.25) is 14.5 Å². The summed E-state index contributed by atoms with van der Waals surface area (Å²) in [5.41, 5.74) is 1.61. The third kappa shape index (κ3) is 2.59. The zero-order valence-corrected chi connectivity index (χ0v) is 12.0. The zero-order valence-electron chi connectivity index (χ0n) is 11.2. The number of hydrogen-bond donors (Lipinski definition) is 1. The number of piperazine rings is 1. The Bertz CT molecular complexity index is 528. The number of nitrogens with one attached hydrogen (secondary N) is 1. The van der Waals surface area contributed by atoms with Crippen molar-refractivity contribution in [3.63, 3.8) is 0 Å². The highest BCUT2D eigenvalue weighted by molar-refractivity contribution is 6.34. The fourth-order valence-electron chi connectivity index (χ4n) is 2.32. The molecule has 0 bridgehead atoms. The Morgan fingerprint density at radius 1 is 1.37 bits per heavy atom. The molecule has 1 heterocycles. The van der Waals surface area contributed by atoms with E-state index in [1.165, 1.54) is 4.90 Å². The van der Waals surface area contributed by atoms with Crippen molar-refractivity contribution in [2.24, 2.45) is 5.92 Å². The Morgan fingerprint density at radius 2 is 2.05 bits per heavy atom. The lowest BCUT2D eigenvalue weighted by atomic mass is 9.98. The topological polar surface area (TPSA) is 49.4 Å². The van der Waals surface area contributed by atoms with Crippen molar-refractivity contribution >= 4 is 29.1 Å². The highest BCUT2D eigenvalue weighted by Crippen LogP contribution is 2.31. The van der Waals surface area contributed by atoms with Gasteiger partial charge in [-0.2, -0.15) is 0 Å². The second-order valence-electron chi connectivity index (χ2n) is 5.13. The summed E-state index contributed by atoms with van der Waals surface area (Å²) in [6.45, 7) is 5.78. The number of halogens is 1. The molecule has 1 aromatic carbocycles. The number of aryl methyl sites for hydroxylation is 1. The third-order valence-corrected chi connectivity index (χ3v) is 3.54. The Morgan fingerprint density at radius 3 is 2.68 bits per heavy atom. The summed E-state index contributed by atoms with van der Waals surface area (Å²) < 4.78 is 0. The number of carbonyl (C=O) groups excluding carboxylic acids is 2. The number of carbonyl (C=O) groups is 2. The van der Waals surface area contributed by atoms with Crippen LogP contribution in [0.1, 0.15) is 19.4 Å². The summed E-state index contributed by atoms with van der Waals surface area (Å²) in [5.74, 6) is -0.251. The van der Waals surface area contributed by atoms with Gasteiger partial charge in [0, 0.05) is 0 Å². The van der Waals surface area contributed by atoms with Crippen molar-refractivity contribution in [2.75, 3.05) is 11.4 Å². The number of nitrogens with zero attached hydrogens (tertiary/aromatic N) is 1. The van der Waals surface area contributed by atoms with Gasteiger partial charge in [0.2, 0.25) is 11.8 Å². The minimum Gasteiger partial charge on any atom is -0.345 e. The SMILES string of the molecule is Cc1ccc(Cl)c(N2C(=O)CNC(=O)C2C(C)C)c1. The Hall–Kier alpha value is -1.55. The summed E-state index contributed by atoms with van der Waals surface area (Å²) >= 11 is 6.19. The number of rotatable bonds is 2. The first-order valence-electron chi connectivity index (χ1n) is 6.27. The number of benzene rings is 1. The molecule has 19 heavy (non-hydrogen) atoms. The average molecular weight is 281 g/mol. The molecule has 0 aromatic heterocycles. The molecule has 1 atom stereocenters. The highest BCUT2D eigenvalue weighted by Gasteiger charge is 2.38. The molecule has 0 saturated carbocycles. The van der Waals surface area contributed by atoms with E-state index in [1.807, 2.05) is 32.9 Å². The molecule has 2 rings (SSSR count). The quantitative estimate of drug-likeness (QED) is 0.902. The fraction of sp³-hybridized carbons (Fsp3) is 0.429. The van der Waals surface area contributed by atoms with Crippen LogP contribution in [-0.2, 0) is 9.59 Å². The lowest BCUT2D eigenvalue weighted by Crippen LogP contribution is -2.60. The molecule has 1 fully saturated rings. The third-order valence-electron chi connectivity index (χ3n) is 3.22. The van der Waals surface area contributed by atoms with Gasteiger partial charge < -0.3 is 5.32 Å². The minimum atomic E-state index is -0.513. The first kappa shape index (κ1) is 13.9. The monoisotopic (exact) mass is 280 g/mol. The van der Waals surface area contributed by atoms with Gasteiger partial charge in [-0.15, -0.1) is 0 Å². The van der Waals surface area contributed by atoms with Crippen LogP contribution in [0.2, 0.25) is 5.02 Å². The zero-order chi connectivity index (χ0) is 14.2. The van der Waals surface area contributed by atoms with Gasteiger partial charge >= 0.3 is 0 Å². The van der Waals surface area contributed by atoms with Crippen LogP contribution in [0, 0.1) is 12.8 Å². The van der Waals surface area contributed by atoms with Crippen molar-refractivity contribution < 1.29 is 9.59 Å². The van der Waals surface area contributed by atoms with Crippen LogP contribution in [0.3, 0.4) is 0 Å². The lowest BCUT2D eigenvalue weighted by molar-refractivity contribution is -0.131. The van der Waals surface area contributed by atoms with Gasteiger partial charge in [-0.05, 0) is 30.5 Å². The molecular weight excluding hydrogens is 264 g/mol. The van der Waals surface area contributed by atoms with E-state index in [9.17, 15) is 9.59 Å². The van der Waals surface area contributed by atoms with E-state index in [2.05, 4.69) is 5.32 Å². The molecule has 0 aliphatic carbocycles. The largest absolute Gasteiger partial charge is 0.345 e. The number of hydrogen-bond acceptors (Lipinski definition) is 2. The molecule has 0 spiro atoms. The van der Waals surface area contributed by atoms with Crippen molar-refractivity contribution in [2.45, 2.75) is 26.8 Å². The fourth-order valence-corrected chi connectivity index (χ4v) is 2.53. The molecule has 1 N–H and O–H groups in total. The number of amides is 2. The van der Waals surface area contributed by atoms with Crippen LogP contribution in [0.25, 0.3) is 0 Å². The highest BCUT2D eigenvalue weighted by atomic mass is 35.5. The predicted octanol–water partition coefficient (Wildman–Crippen LogP) is 2.14. The second-order valence-corrected chi connectivity index (χ2v) is 5.53. The number of anilines is 1. The molecular formula is C14H17ClN2O2. The molecule has 0 radical (unpaired) electrons. The van der Waals surface area contributed by atoms with Crippen molar-refractivity contribution in [1.29, 1.82) is 0 Å². The molecule has 5 heteroatoms. The van der Waals surface area contributed by atoms with Crippen LogP contribution < -0.4 is 10.2 Å². The average Bonchev–Trinajstić information content (AvgIpc) is 2.34. The molecule has 1 unspecified atom stereocenters. The standard InChI is InChI=1S/C14H17ClN2O2/c1-8(2)13-14(19)16-7-12(18)17(13)11-6-9(3)4-5-10(11)15/h4-6,8,13H,7H2,1-3H3,(H,16,19). The van der Waals surface area contributed by atoms with Crippen molar-refractivity contribution in [3.05, 3.63) is 28.8 Å². The molecule has 1 aliphatic heterocycles. The Balaban J connectivity index is 2.51. The van der Waals surface area contributed by atoms with E-state index >= 15 is 0 Å². The molecule has 102 valence electrons. The molecule has 2 amide bonds. The Kier molecular flexibility index (Phi) is 3.80. The summed E-state index contributed by atoms with van der Waals surface area (Å²) in [5, 5.41) is 3.11. The maximum atomic E-state index is 12.2. The summed E-state index contributed by atoms with van der Waals surface area (Å²) in [6, 6.07) is 4.96. The molecule has 1 saturated heterocycles. The maximum Gasteiger partial charge on any atom is 0.247 e. The van der Waals surface area contributed by atoms with Crippen molar-refractivity contribution in [1.82, 2.24) is 5.32 Å². The van der Waals surface area contributed by atoms with Crippen LogP contribution in [0.5, 0.6) is 0 Å². The first-order valence-corrected chi connectivity index (χ1v) is 6.65. The van der Waals surface area contributed by atoms with Gasteiger partial charge in [0.25, 0.3) is 0 Å². The summed E-state index contributed by atoms with van der Waals surface area (Å²) in [6.07, 6.45) is 0. The van der Waals surface area contributed by atoms with Gasteiger partial charge in [0.15, 0.2) is 0 Å². The normalized spacial score (nSPS) is 19.8. The van der Waals surface area contributed by atoms with Crippen LogP contribution in [0.15, 0.2) is 18.2 Å². The van der Waals surface area contributed by atoms with Crippen LogP contribution >= 0.6 is 11.6 Å². The van der Waals surface area contributed by atoms with Gasteiger partial charge in [-0.1, -0.05) is 31.5 Å². The van der Waals surface area contributed by atoms with Crippen molar-refractivity contribution in [3.8, 4) is 0 Å². The summed E-state index contributed by atoms with van der Waals surface area (Å²) in [4.78, 5) is 25.7. The maximum absolute atomic E-state index is 12.2. The Labute approximate surface area is 117 Å². The van der Waals surface area contributed by atoms with Gasteiger partial charge in [0.05, 0.1) is 17.3 Å². The van der Waals surface area contributed by atoms with E-state index in [4.69, 9.17) is 11.6 Å².